The third-order valence-corrected chi connectivity index (χ3v) is 8.54. The van der Waals surface area contributed by atoms with Crippen LogP contribution in [0.15, 0.2) is 24.3 Å². The molecule has 0 aliphatic carbocycles. The van der Waals surface area contributed by atoms with Crippen LogP contribution in [0.1, 0.15) is 64.5 Å². The zero-order chi connectivity index (χ0) is 27.9. The van der Waals surface area contributed by atoms with Gasteiger partial charge in [-0.05, 0) is 43.1 Å². The number of halogens is 2. The standard InChI is InChI=1S/C28H35ClN6O3S.ClH/c1-28(2,3)13-24(36)35-10-8-19(31-25(37)21-12-16-11-17(29)5-6-18(16)30-21)22(14-35)32-26(38)27-33-20-7-9-34(4)15-23(20)39-27;/h5-6,11-12,19,22,30H,7-10,13-15H2,1-4H3,(H,31,37)(H,32,38);1H. The number of fused-ring (bicyclic) bond motifs is 2. The van der Waals surface area contributed by atoms with Gasteiger partial charge in [0, 0.05) is 59.8 Å². The highest BCUT2D eigenvalue weighted by molar-refractivity contribution is 7.13. The SMILES string of the molecule is CN1CCc2nc(C(=O)NC3CN(C(=O)CC(C)(C)C)CCC3NC(=O)c3cc4cc(Cl)ccc4[nH]3)sc2C1.Cl. The minimum absolute atomic E-state index is 0. The largest absolute Gasteiger partial charge is 0.351 e. The Balaban J connectivity index is 0.00000370. The minimum Gasteiger partial charge on any atom is -0.351 e. The molecule has 2 aromatic heterocycles. The first kappa shape index (κ1) is 30.3. The lowest BCUT2D eigenvalue weighted by Gasteiger charge is -2.39. The number of piperidine rings is 1. The van der Waals surface area contributed by atoms with Crippen LogP contribution in [0.5, 0.6) is 0 Å². The minimum atomic E-state index is -0.457. The highest BCUT2D eigenvalue weighted by Gasteiger charge is 2.35. The molecule has 2 unspecified atom stereocenters. The zero-order valence-electron chi connectivity index (χ0n) is 23.2. The van der Waals surface area contributed by atoms with Gasteiger partial charge in [0.05, 0.1) is 17.8 Å². The van der Waals surface area contributed by atoms with Crippen LogP contribution in [0.25, 0.3) is 10.9 Å². The number of hydrogen-bond donors (Lipinski definition) is 3. The molecule has 9 nitrogen and oxygen atoms in total. The van der Waals surface area contributed by atoms with E-state index in [-0.39, 0.29) is 41.6 Å². The quantitative estimate of drug-likeness (QED) is 0.402. The molecule has 1 saturated heterocycles. The molecule has 0 bridgehead atoms. The Hall–Kier alpha value is -2.66. The molecule has 2 aliphatic heterocycles. The van der Waals surface area contributed by atoms with E-state index in [1.807, 2.05) is 26.8 Å². The number of hydrogen-bond acceptors (Lipinski definition) is 6. The monoisotopic (exact) mass is 606 g/mol. The van der Waals surface area contributed by atoms with Gasteiger partial charge < -0.3 is 25.4 Å². The molecule has 12 heteroatoms. The Morgan fingerprint density at radius 1 is 1.12 bits per heavy atom. The number of amides is 3. The Morgan fingerprint density at radius 3 is 2.62 bits per heavy atom. The van der Waals surface area contributed by atoms with E-state index in [4.69, 9.17) is 11.6 Å². The van der Waals surface area contributed by atoms with E-state index < -0.39 is 6.04 Å². The van der Waals surface area contributed by atoms with Crippen LogP contribution in [0.2, 0.25) is 5.02 Å². The molecule has 0 radical (unpaired) electrons. The van der Waals surface area contributed by atoms with E-state index in [0.29, 0.717) is 41.7 Å². The normalized spacial score (nSPS) is 19.6. The molecule has 40 heavy (non-hydrogen) atoms. The smallest absolute Gasteiger partial charge is 0.280 e. The summed E-state index contributed by atoms with van der Waals surface area (Å²) in [6.45, 7) is 8.63. The molecular weight excluding hydrogens is 571 g/mol. The summed E-state index contributed by atoms with van der Waals surface area (Å²) >= 11 is 7.53. The van der Waals surface area contributed by atoms with Crippen LogP contribution in [-0.4, -0.2) is 76.3 Å². The lowest BCUT2D eigenvalue weighted by molar-refractivity contribution is -0.134. The number of likely N-dealkylation sites (tertiary alicyclic amines) is 1. The molecular formula is C28H36Cl2N6O3S. The van der Waals surface area contributed by atoms with Crippen LogP contribution >= 0.6 is 35.3 Å². The molecule has 216 valence electrons. The first-order valence-electron chi connectivity index (χ1n) is 13.3. The third-order valence-electron chi connectivity index (χ3n) is 7.22. The molecule has 0 saturated carbocycles. The van der Waals surface area contributed by atoms with Gasteiger partial charge in [0.2, 0.25) is 5.91 Å². The number of H-pyrrole nitrogens is 1. The molecule has 1 fully saturated rings. The summed E-state index contributed by atoms with van der Waals surface area (Å²) < 4.78 is 0. The van der Waals surface area contributed by atoms with E-state index in [9.17, 15) is 14.4 Å². The summed E-state index contributed by atoms with van der Waals surface area (Å²) in [5.74, 6) is -0.493. The molecule has 0 spiro atoms. The number of rotatable bonds is 5. The number of nitrogens with one attached hydrogen (secondary N) is 3. The first-order valence-corrected chi connectivity index (χ1v) is 14.5. The Kier molecular flexibility index (Phi) is 9.14. The number of thiazole rings is 1. The second-order valence-corrected chi connectivity index (χ2v) is 13.3. The molecule has 5 rings (SSSR count). The second kappa shape index (κ2) is 12.1. The average molecular weight is 608 g/mol. The first-order chi connectivity index (χ1) is 18.4. The Morgan fingerprint density at radius 2 is 1.88 bits per heavy atom. The summed E-state index contributed by atoms with van der Waals surface area (Å²) in [5, 5.41) is 8.07. The van der Waals surface area contributed by atoms with Crippen molar-refractivity contribution < 1.29 is 14.4 Å². The lowest BCUT2D eigenvalue weighted by atomic mass is 9.90. The molecule has 1 aromatic carbocycles. The number of carbonyl (C=O) groups is 3. The van der Waals surface area contributed by atoms with Crippen LogP contribution < -0.4 is 10.6 Å². The summed E-state index contributed by atoms with van der Waals surface area (Å²) in [6, 6.07) is 6.37. The number of aromatic nitrogens is 2. The van der Waals surface area contributed by atoms with Gasteiger partial charge >= 0.3 is 0 Å². The molecule has 4 heterocycles. The third kappa shape index (κ3) is 6.97. The van der Waals surface area contributed by atoms with Gasteiger partial charge in [0.25, 0.3) is 11.8 Å². The van der Waals surface area contributed by atoms with Gasteiger partial charge in [-0.3, -0.25) is 14.4 Å². The molecule has 2 aliphatic rings. The summed E-state index contributed by atoms with van der Waals surface area (Å²) in [6.07, 6.45) is 1.76. The van der Waals surface area contributed by atoms with Gasteiger partial charge in [-0.25, -0.2) is 4.98 Å². The topological polar surface area (TPSA) is 110 Å². The summed E-state index contributed by atoms with van der Waals surface area (Å²) in [5.41, 5.74) is 2.07. The summed E-state index contributed by atoms with van der Waals surface area (Å²) in [4.78, 5) is 52.5. The number of likely N-dealkylation sites (N-methyl/N-ethyl adjacent to an activating group) is 1. The van der Waals surface area contributed by atoms with Crippen LogP contribution in [0, 0.1) is 5.41 Å². The summed E-state index contributed by atoms with van der Waals surface area (Å²) in [7, 11) is 2.06. The molecule has 3 amide bonds. The van der Waals surface area contributed by atoms with Crippen LogP contribution in [0.3, 0.4) is 0 Å². The second-order valence-electron chi connectivity index (χ2n) is 11.8. The Bertz CT molecular complexity index is 1410. The van der Waals surface area contributed by atoms with E-state index in [2.05, 4.69) is 32.5 Å². The average Bonchev–Trinajstić information content (AvgIpc) is 3.47. The van der Waals surface area contributed by atoms with Crippen molar-refractivity contribution in [2.45, 2.75) is 58.7 Å². The lowest BCUT2D eigenvalue weighted by Crippen LogP contribution is -2.61. The van der Waals surface area contributed by atoms with Gasteiger partial charge in [0.15, 0.2) is 5.01 Å². The fourth-order valence-electron chi connectivity index (χ4n) is 5.19. The van der Waals surface area contributed by atoms with Crippen LogP contribution in [0.4, 0.5) is 0 Å². The fourth-order valence-corrected chi connectivity index (χ4v) is 6.46. The molecule has 3 N–H and O–H groups in total. The van der Waals surface area contributed by atoms with Crippen molar-refractivity contribution in [3.05, 3.63) is 50.6 Å². The van der Waals surface area contributed by atoms with Crippen molar-refractivity contribution in [3.8, 4) is 0 Å². The molecule has 2 atom stereocenters. The van der Waals surface area contributed by atoms with Gasteiger partial charge in [-0.15, -0.1) is 23.7 Å². The highest BCUT2D eigenvalue weighted by atomic mass is 35.5. The zero-order valence-corrected chi connectivity index (χ0v) is 25.6. The van der Waals surface area contributed by atoms with Crippen molar-refractivity contribution in [2.24, 2.45) is 5.41 Å². The van der Waals surface area contributed by atoms with Crippen LogP contribution in [-0.2, 0) is 17.8 Å². The van der Waals surface area contributed by atoms with Crippen molar-refractivity contribution in [3.63, 3.8) is 0 Å². The molecule has 3 aromatic rings. The fraction of sp³-hybridized carbons (Fsp3) is 0.500. The number of carbonyl (C=O) groups excluding carboxylic acids is 3. The Labute approximate surface area is 249 Å². The number of benzene rings is 1. The maximum Gasteiger partial charge on any atom is 0.280 e. The van der Waals surface area contributed by atoms with Gasteiger partial charge in [0.1, 0.15) is 5.69 Å². The van der Waals surface area contributed by atoms with Crippen molar-refractivity contribution in [2.75, 3.05) is 26.7 Å². The maximum atomic E-state index is 13.4. The van der Waals surface area contributed by atoms with E-state index >= 15 is 0 Å². The van der Waals surface area contributed by atoms with Gasteiger partial charge in [-0.1, -0.05) is 32.4 Å². The van der Waals surface area contributed by atoms with Crippen molar-refractivity contribution in [1.82, 2.24) is 30.4 Å². The maximum absolute atomic E-state index is 13.4. The van der Waals surface area contributed by atoms with Crippen molar-refractivity contribution in [1.29, 1.82) is 0 Å². The van der Waals surface area contributed by atoms with Gasteiger partial charge in [-0.2, -0.15) is 0 Å². The van der Waals surface area contributed by atoms with Crippen molar-refractivity contribution >= 4 is 64.0 Å². The predicted octanol–water partition coefficient (Wildman–Crippen LogP) is 4.25. The van der Waals surface area contributed by atoms with E-state index in [1.54, 1.807) is 23.1 Å². The number of aromatic amines is 1. The highest BCUT2D eigenvalue weighted by Crippen LogP contribution is 2.26. The predicted molar refractivity (Wildman–Crippen MR) is 160 cm³/mol. The van der Waals surface area contributed by atoms with E-state index in [1.165, 1.54) is 11.3 Å². The van der Waals surface area contributed by atoms with E-state index in [0.717, 1.165) is 41.0 Å². The number of nitrogens with zero attached hydrogens (tertiary/aromatic N) is 3.